The summed E-state index contributed by atoms with van der Waals surface area (Å²) in [4.78, 5) is 10.0. The zero-order chi connectivity index (χ0) is 41.0. The Morgan fingerprint density at radius 1 is 0.862 bits per heavy atom. The number of piperidine rings is 3. The third kappa shape index (κ3) is 7.67. The molecule has 3 saturated heterocycles. The molecule has 7 nitrogen and oxygen atoms in total. The average Bonchev–Trinajstić information content (AvgIpc) is 3.20. The van der Waals surface area contributed by atoms with Gasteiger partial charge in [0.1, 0.15) is 23.5 Å². The summed E-state index contributed by atoms with van der Waals surface area (Å²) in [6.45, 7) is 19.0. The van der Waals surface area contributed by atoms with E-state index in [0.717, 1.165) is 64.8 Å². The Balaban J connectivity index is 1.36. The van der Waals surface area contributed by atoms with E-state index in [1.54, 1.807) is 24.4 Å². The molecule has 8 heteroatoms. The van der Waals surface area contributed by atoms with E-state index in [-0.39, 0.29) is 22.6 Å². The first-order valence-electron chi connectivity index (χ1n) is 20.8. The van der Waals surface area contributed by atoms with E-state index in [0.29, 0.717) is 45.2 Å². The van der Waals surface area contributed by atoms with Crippen molar-refractivity contribution in [2.45, 2.75) is 97.2 Å². The van der Waals surface area contributed by atoms with Crippen molar-refractivity contribution >= 4 is 22.5 Å². The molecule has 2 bridgehead atoms. The summed E-state index contributed by atoms with van der Waals surface area (Å²) in [7, 11) is 0. The fourth-order valence-electron chi connectivity index (χ4n) is 9.70. The van der Waals surface area contributed by atoms with Crippen LogP contribution in [0.2, 0.25) is 5.15 Å². The zero-order valence-corrected chi connectivity index (χ0v) is 35.6. The van der Waals surface area contributed by atoms with Gasteiger partial charge < -0.3 is 19.5 Å². The summed E-state index contributed by atoms with van der Waals surface area (Å²) in [5, 5.41) is 25.3. The van der Waals surface area contributed by atoms with Crippen LogP contribution >= 0.6 is 11.6 Å². The van der Waals surface area contributed by atoms with Gasteiger partial charge >= 0.3 is 0 Å². The van der Waals surface area contributed by atoms with E-state index >= 15 is 0 Å². The maximum Gasteiger partial charge on any atom is 0.227 e. The van der Waals surface area contributed by atoms with Crippen LogP contribution in [0.1, 0.15) is 96.1 Å². The number of quaternary nitrogens is 1. The van der Waals surface area contributed by atoms with Crippen LogP contribution in [0.4, 0.5) is 0 Å². The van der Waals surface area contributed by atoms with Gasteiger partial charge in [-0.2, -0.15) is 9.71 Å². The minimum atomic E-state index is -0.559. The van der Waals surface area contributed by atoms with Gasteiger partial charge in [-0.3, -0.25) is 0 Å². The molecule has 4 aromatic carbocycles. The van der Waals surface area contributed by atoms with Crippen molar-refractivity contribution in [3.8, 4) is 34.1 Å². The van der Waals surface area contributed by atoms with E-state index < -0.39 is 6.10 Å². The maximum atomic E-state index is 13.4. The number of phenolic OH excluding ortho intramolecular Hbond substituents is 1. The first-order chi connectivity index (χ1) is 27.6. The van der Waals surface area contributed by atoms with Crippen LogP contribution in [0.25, 0.3) is 33.4 Å². The van der Waals surface area contributed by atoms with Crippen LogP contribution in [0.15, 0.2) is 109 Å². The molecule has 6 aromatic rings. The fourth-order valence-corrected chi connectivity index (χ4v) is 9.97. The Labute approximate surface area is 348 Å². The molecule has 1 N–H and O–H groups in total. The van der Waals surface area contributed by atoms with Crippen LogP contribution in [-0.4, -0.2) is 38.7 Å². The monoisotopic (exact) mass is 795 g/mol. The maximum absolute atomic E-state index is 13.4. The lowest BCUT2D eigenvalue weighted by atomic mass is 9.70. The molecule has 0 radical (unpaired) electrons. The summed E-state index contributed by atoms with van der Waals surface area (Å²) in [5.41, 5.74) is 7.61. The quantitative estimate of drug-likeness (QED) is 0.0682. The smallest absolute Gasteiger partial charge is 0.227 e. The van der Waals surface area contributed by atoms with Crippen molar-refractivity contribution in [2.75, 3.05) is 13.1 Å². The first kappa shape index (κ1) is 39.8. The second-order valence-electron chi connectivity index (χ2n) is 18.8. The topological polar surface area (TPSA) is 82.2 Å². The van der Waals surface area contributed by atoms with E-state index in [1.807, 2.05) is 66.7 Å². The normalized spacial score (nSPS) is 21.3. The van der Waals surface area contributed by atoms with Gasteiger partial charge in [0.25, 0.3) is 0 Å². The number of halogens is 1. The molecule has 3 aliphatic heterocycles. The highest BCUT2D eigenvalue weighted by Gasteiger charge is 2.56. The third-order valence-electron chi connectivity index (χ3n) is 12.9. The molecule has 3 aliphatic rings. The molecule has 0 aliphatic carbocycles. The van der Waals surface area contributed by atoms with E-state index in [9.17, 15) is 10.3 Å². The number of fused-ring (bicyclic) bond motifs is 4. The van der Waals surface area contributed by atoms with Crippen molar-refractivity contribution in [2.24, 2.45) is 11.8 Å². The minimum absolute atomic E-state index is 0.0106. The summed E-state index contributed by atoms with van der Waals surface area (Å²) >= 11 is 7.20. The van der Waals surface area contributed by atoms with E-state index in [4.69, 9.17) is 26.3 Å². The van der Waals surface area contributed by atoms with Gasteiger partial charge in [0.2, 0.25) is 11.4 Å². The van der Waals surface area contributed by atoms with E-state index in [2.05, 4.69) is 66.7 Å². The lowest BCUT2D eigenvalue weighted by Crippen LogP contribution is -2.68. The van der Waals surface area contributed by atoms with Crippen LogP contribution in [-0.2, 0) is 17.4 Å². The number of ether oxygens (including phenoxy) is 1. The minimum Gasteiger partial charge on any atom is -0.618 e. The second-order valence-corrected chi connectivity index (χ2v) is 19.2. The number of aromatic nitrogens is 3. The van der Waals surface area contributed by atoms with Crippen molar-refractivity contribution < 1.29 is 19.1 Å². The van der Waals surface area contributed by atoms with E-state index in [1.165, 1.54) is 16.7 Å². The number of benzene rings is 4. The van der Waals surface area contributed by atoms with Gasteiger partial charge in [0.05, 0.1) is 24.0 Å². The molecule has 2 aromatic heterocycles. The molecule has 58 heavy (non-hydrogen) atoms. The molecule has 0 saturated carbocycles. The molecule has 3 fully saturated rings. The summed E-state index contributed by atoms with van der Waals surface area (Å²) in [6.07, 6.45) is 4.23. The highest BCUT2D eigenvalue weighted by atomic mass is 35.5. The standard InChI is InChI=1S/C50H55ClN4O3/c1-8-33-31-55(30-32-25-37(49(2,3)4)28-38(26-32)50(5,6)7)24-22-36(33)27-43(55)45(40-21-23-54(57)42-20-19-39(56)29-41(40)42)58-48-44(34-15-11-9-12-16-34)46(51)52-47(53-48)35-17-13-10-14-18-35/h9-21,23,25-26,28-29,33,36,43,45H,8,22,24,27,30-31H2,1-7H3/p+1/t33-,36+,43-,45?,55-/m1/s1. The highest BCUT2D eigenvalue weighted by molar-refractivity contribution is 6.32. The van der Waals surface area contributed by atoms with Gasteiger partial charge in [-0.25, -0.2) is 4.98 Å². The Morgan fingerprint density at radius 3 is 2.16 bits per heavy atom. The number of phenols is 1. The highest BCUT2D eigenvalue weighted by Crippen LogP contribution is 2.51. The van der Waals surface area contributed by atoms with Crippen LogP contribution in [0.5, 0.6) is 11.6 Å². The van der Waals surface area contributed by atoms with Gasteiger partial charge in [-0.15, -0.1) is 0 Å². The number of hydrogen-bond acceptors (Lipinski definition) is 5. The average molecular weight is 796 g/mol. The molecule has 1 unspecified atom stereocenters. The number of hydrogen-bond donors (Lipinski definition) is 1. The summed E-state index contributed by atoms with van der Waals surface area (Å²) in [5.74, 6) is 2.06. The van der Waals surface area contributed by atoms with Crippen molar-refractivity contribution in [1.29, 1.82) is 0 Å². The SMILES string of the molecule is CC[C@@H]1C[N@+]2(Cc3cc(C(C)(C)C)cc(C(C)(C)C)c3)CC[C@H]1C[C@@H]2C(Oc1nc(-c2ccccc2)nc(Cl)c1-c1ccccc1)c1cc[n+]([O-])c2ccc(O)cc12. The summed E-state index contributed by atoms with van der Waals surface area (Å²) < 4.78 is 9.27. The Hall–Kier alpha value is -4.98. The van der Waals surface area contributed by atoms with Gasteiger partial charge in [-0.1, -0.05) is 127 Å². The largest absolute Gasteiger partial charge is 0.618 e. The molecular weight excluding hydrogens is 740 g/mol. The number of nitrogens with zero attached hydrogens (tertiary/aromatic N) is 4. The number of pyridine rings is 1. The molecule has 300 valence electrons. The lowest BCUT2D eigenvalue weighted by molar-refractivity contribution is -0.985. The third-order valence-corrected chi connectivity index (χ3v) is 13.2. The van der Waals surface area contributed by atoms with Gasteiger partial charge in [0, 0.05) is 47.6 Å². The number of rotatable bonds is 9. The Kier molecular flexibility index (Phi) is 10.5. The van der Waals surface area contributed by atoms with Crippen molar-refractivity contribution in [3.05, 3.63) is 142 Å². The van der Waals surface area contributed by atoms with Crippen LogP contribution < -0.4 is 9.47 Å². The molecular formula is C50H56ClN4O3+. The van der Waals surface area contributed by atoms with Gasteiger partial charge in [0.15, 0.2) is 18.1 Å². The summed E-state index contributed by atoms with van der Waals surface area (Å²) in [6, 6.07) is 33.9. The van der Waals surface area contributed by atoms with Crippen LogP contribution in [0.3, 0.4) is 0 Å². The number of aromatic hydroxyl groups is 1. The second kappa shape index (κ2) is 15.3. The molecule has 5 heterocycles. The van der Waals surface area contributed by atoms with Gasteiger partial charge in [-0.05, 0) is 64.1 Å². The van der Waals surface area contributed by atoms with Crippen molar-refractivity contribution in [3.63, 3.8) is 0 Å². The predicted octanol–water partition coefficient (Wildman–Crippen LogP) is 11.5. The molecule has 9 rings (SSSR count). The molecule has 5 atom stereocenters. The molecule has 0 spiro atoms. The lowest BCUT2D eigenvalue weighted by Gasteiger charge is -2.59. The molecule has 0 amide bonds. The fraction of sp³-hybridized carbons (Fsp3) is 0.380. The Bertz CT molecular complexity index is 2410. The Morgan fingerprint density at radius 2 is 1.52 bits per heavy atom. The predicted molar refractivity (Wildman–Crippen MR) is 234 cm³/mol. The zero-order valence-electron chi connectivity index (χ0n) is 34.9. The first-order valence-corrected chi connectivity index (χ1v) is 21.2. The van der Waals surface area contributed by atoms with Crippen molar-refractivity contribution in [1.82, 2.24) is 9.97 Å². The van der Waals surface area contributed by atoms with Crippen LogP contribution in [0, 0.1) is 17.0 Å².